The van der Waals surface area contributed by atoms with Crippen molar-refractivity contribution in [3.8, 4) is 0 Å². The van der Waals surface area contributed by atoms with Crippen molar-refractivity contribution in [2.45, 2.75) is 35.9 Å². The standard InChI is InChI=1S/C21H27N5O3S2.ClH/c22-20(23)16-5-3-6-18(15-16)26-11-2-1-10-25(21(26)27)17-8-12-24(13-9-17)31(28,29)19-7-4-14-30-19;/h3-7,14-15,17H,1-2,8-13H2,(H3,22,23);1H. The average Bonchev–Trinajstić information content (AvgIpc) is 3.25. The summed E-state index contributed by atoms with van der Waals surface area (Å²) in [4.78, 5) is 17.1. The van der Waals surface area contributed by atoms with E-state index in [2.05, 4.69) is 0 Å². The van der Waals surface area contributed by atoms with Crippen LogP contribution in [-0.4, -0.2) is 61.7 Å². The molecule has 0 radical (unpaired) electrons. The van der Waals surface area contributed by atoms with Crippen LogP contribution in [0.4, 0.5) is 10.5 Å². The zero-order valence-electron chi connectivity index (χ0n) is 17.6. The number of nitrogen functional groups attached to an aromatic ring is 1. The number of rotatable bonds is 5. The van der Waals surface area contributed by atoms with Crippen molar-refractivity contribution >= 4 is 51.3 Å². The highest BCUT2D eigenvalue weighted by Gasteiger charge is 2.36. The Morgan fingerprint density at radius 3 is 2.44 bits per heavy atom. The largest absolute Gasteiger partial charge is 0.384 e. The molecular weight excluding hydrogens is 470 g/mol. The minimum absolute atomic E-state index is 0. The molecule has 2 amide bonds. The smallest absolute Gasteiger partial charge is 0.324 e. The lowest BCUT2D eigenvalue weighted by Gasteiger charge is -2.39. The van der Waals surface area contributed by atoms with Gasteiger partial charge >= 0.3 is 6.03 Å². The molecule has 32 heavy (non-hydrogen) atoms. The lowest BCUT2D eigenvalue weighted by Crippen LogP contribution is -2.52. The van der Waals surface area contributed by atoms with E-state index in [-0.39, 0.29) is 30.3 Å². The highest BCUT2D eigenvalue weighted by Crippen LogP contribution is 2.28. The first-order valence-corrected chi connectivity index (χ1v) is 12.8. The van der Waals surface area contributed by atoms with Gasteiger partial charge in [-0.3, -0.25) is 10.3 Å². The average molecular weight is 498 g/mol. The first-order chi connectivity index (χ1) is 14.9. The zero-order valence-corrected chi connectivity index (χ0v) is 20.1. The van der Waals surface area contributed by atoms with Gasteiger partial charge in [0.25, 0.3) is 10.0 Å². The number of hydrogen-bond donors (Lipinski definition) is 2. The molecular formula is C21H28ClN5O3S2. The fraction of sp³-hybridized carbons (Fsp3) is 0.429. The molecule has 0 spiro atoms. The molecule has 174 valence electrons. The summed E-state index contributed by atoms with van der Waals surface area (Å²) in [5, 5.41) is 9.44. The first kappa shape index (κ1) is 24.5. The van der Waals surface area contributed by atoms with Gasteiger partial charge in [0, 0.05) is 43.5 Å². The van der Waals surface area contributed by atoms with Crippen LogP contribution in [0.2, 0.25) is 0 Å². The topological polar surface area (TPSA) is 111 Å². The molecule has 2 aromatic rings. The van der Waals surface area contributed by atoms with Crippen molar-refractivity contribution in [2.24, 2.45) is 5.73 Å². The Labute approximate surface area is 199 Å². The molecule has 11 heteroatoms. The van der Waals surface area contributed by atoms with E-state index in [1.165, 1.54) is 15.6 Å². The van der Waals surface area contributed by atoms with Crippen LogP contribution in [0.15, 0.2) is 46.0 Å². The van der Waals surface area contributed by atoms with Crippen LogP contribution in [0.5, 0.6) is 0 Å². The Bertz CT molecular complexity index is 1050. The number of nitrogens with one attached hydrogen (secondary N) is 1. The number of piperidine rings is 1. The summed E-state index contributed by atoms with van der Waals surface area (Å²) in [6.45, 7) is 2.11. The number of sulfonamides is 1. The molecule has 0 bridgehead atoms. The van der Waals surface area contributed by atoms with Crippen LogP contribution in [0, 0.1) is 5.41 Å². The first-order valence-electron chi connectivity index (χ1n) is 10.4. The van der Waals surface area contributed by atoms with Gasteiger partial charge in [-0.1, -0.05) is 18.2 Å². The maximum Gasteiger partial charge on any atom is 0.324 e. The molecule has 8 nitrogen and oxygen atoms in total. The molecule has 1 aromatic heterocycles. The van der Waals surface area contributed by atoms with E-state index in [0.29, 0.717) is 48.8 Å². The van der Waals surface area contributed by atoms with Crippen molar-refractivity contribution in [1.82, 2.24) is 9.21 Å². The molecule has 4 rings (SSSR count). The number of anilines is 1. The Balaban J connectivity index is 0.00000289. The van der Waals surface area contributed by atoms with Crippen LogP contribution in [0.25, 0.3) is 0 Å². The molecule has 2 saturated heterocycles. The third kappa shape index (κ3) is 4.93. The van der Waals surface area contributed by atoms with Gasteiger partial charge in [-0.05, 0) is 49.3 Å². The van der Waals surface area contributed by atoms with Crippen molar-refractivity contribution in [3.05, 3.63) is 47.3 Å². The molecule has 2 fully saturated rings. The zero-order chi connectivity index (χ0) is 22.0. The summed E-state index contributed by atoms with van der Waals surface area (Å²) < 4.78 is 27.5. The summed E-state index contributed by atoms with van der Waals surface area (Å²) in [6.07, 6.45) is 3.04. The van der Waals surface area contributed by atoms with E-state index in [0.717, 1.165) is 18.5 Å². The molecule has 0 atom stereocenters. The second kappa shape index (κ2) is 10.2. The second-order valence-corrected chi connectivity index (χ2v) is 11.0. The molecule has 0 aliphatic carbocycles. The van der Waals surface area contributed by atoms with Gasteiger partial charge in [-0.2, -0.15) is 4.31 Å². The molecule has 2 aliphatic heterocycles. The van der Waals surface area contributed by atoms with Gasteiger partial charge in [-0.15, -0.1) is 23.7 Å². The van der Waals surface area contributed by atoms with Crippen molar-refractivity contribution < 1.29 is 13.2 Å². The number of amidine groups is 1. The van der Waals surface area contributed by atoms with E-state index in [9.17, 15) is 13.2 Å². The summed E-state index contributed by atoms with van der Waals surface area (Å²) in [7, 11) is -3.45. The quantitative estimate of drug-likeness (QED) is 0.487. The van der Waals surface area contributed by atoms with Crippen molar-refractivity contribution in [1.29, 1.82) is 5.41 Å². The highest BCUT2D eigenvalue weighted by atomic mass is 35.5. The van der Waals surface area contributed by atoms with E-state index < -0.39 is 10.0 Å². The van der Waals surface area contributed by atoms with Crippen LogP contribution in [0.3, 0.4) is 0 Å². The lowest BCUT2D eigenvalue weighted by atomic mass is 10.0. The molecule has 3 heterocycles. The van der Waals surface area contributed by atoms with Crippen LogP contribution >= 0.6 is 23.7 Å². The highest BCUT2D eigenvalue weighted by molar-refractivity contribution is 7.91. The fourth-order valence-corrected chi connectivity index (χ4v) is 6.86. The predicted molar refractivity (Wildman–Crippen MR) is 129 cm³/mol. The summed E-state index contributed by atoms with van der Waals surface area (Å²) in [5.74, 6) is -0.0275. The third-order valence-electron chi connectivity index (χ3n) is 5.93. The van der Waals surface area contributed by atoms with Crippen LogP contribution in [0.1, 0.15) is 31.2 Å². The maximum atomic E-state index is 13.4. The Morgan fingerprint density at radius 1 is 1.06 bits per heavy atom. The van der Waals surface area contributed by atoms with Crippen molar-refractivity contribution in [2.75, 3.05) is 31.1 Å². The molecule has 3 N–H and O–H groups in total. The Morgan fingerprint density at radius 2 is 1.78 bits per heavy atom. The second-order valence-electron chi connectivity index (χ2n) is 7.87. The number of hydrogen-bond acceptors (Lipinski definition) is 5. The Hall–Kier alpha value is -2.14. The minimum Gasteiger partial charge on any atom is -0.384 e. The number of thiophene rings is 1. The number of carbonyl (C=O) groups is 1. The SMILES string of the molecule is Cl.N=C(N)c1cccc(N2CCCCN(C3CCN(S(=O)(=O)c4cccs4)CC3)C2=O)c1. The van der Waals surface area contributed by atoms with E-state index in [4.69, 9.17) is 11.1 Å². The van der Waals surface area contributed by atoms with Gasteiger partial charge < -0.3 is 10.6 Å². The monoisotopic (exact) mass is 497 g/mol. The molecule has 0 unspecified atom stereocenters. The van der Waals surface area contributed by atoms with Gasteiger partial charge in [-0.25, -0.2) is 13.2 Å². The van der Waals surface area contributed by atoms with Gasteiger partial charge in [0.15, 0.2) is 0 Å². The number of nitrogens with zero attached hydrogens (tertiary/aromatic N) is 3. The molecule has 0 saturated carbocycles. The summed E-state index contributed by atoms with van der Waals surface area (Å²) in [5.41, 5.74) is 6.95. The molecule has 1 aromatic carbocycles. The van der Waals surface area contributed by atoms with Gasteiger partial charge in [0.1, 0.15) is 10.0 Å². The number of halogens is 1. The van der Waals surface area contributed by atoms with Gasteiger partial charge in [0.2, 0.25) is 0 Å². The van der Waals surface area contributed by atoms with Crippen LogP contribution < -0.4 is 10.6 Å². The van der Waals surface area contributed by atoms with Crippen molar-refractivity contribution in [3.63, 3.8) is 0 Å². The van der Waals surface area contributed by atoms with E-state index >= 15 is 0 Å². The van der Waals surface area contributed by atoms with E-state index in [1.807, 2.05) is 17.0 Å². The predicted octanol–water partition coefficient (Wildman–Crippen LogP) is 3.33. The third-order valence-corrected chi connectivity index (χ3v) is 9.20. The number of nitrogens with two attached hydrogens (primary N) is 1. The fourth-order valence-electron chi connectivity index (χ4n) is 4.25. The summed E-state index contributed by atoms with van der Waals surface area (Å²) in [6, 6.07) is 10.5. The number of benzene rings is 1. The lowest BCUT2D eigenvalue weighted by molar-refractivity contribution is 0.154. The van der Waals surface area contributed by atoms with E-state index in [1.54, 1.807) is 34.5 Å². The minimum atomic E-state index is -3.45. The van der Waals surface area contributed by atoms with Gasteiger partial charge in [0.05, 0.1) is 0 Å². The van der Waals surface area contributed by atoms with Crippen LogP contribution in [-0.2, 0) is 10.0 Å². The normalized spacial score (nSPS) is 18.8. The Kier molecular flexibility index (Phi) is 7.81. The number of urea groups is 1. The molecule has 2 aliphatic rings. The summed E-state index contributed by atoms with van der Waals surface area (Å²) >= 11 is 1.23. The number of carbonyl (C=O) groups excluding carboxylic acids is 1. The number of amides is 2. The maximum absolute atomic E-state index is 13.4.